The lowest BCUT2D eigenvalue weighted by molar-refractivity contribution is -0.134. The van der Waals surface area contributed by atoms with Crippen LogP contribution in [-0.2, 0) is 14.8 Å². The Morgan fingerprint density at radius 1 is 1.26 bits per heavy atom. The molecule has 1 aliphatic heterocycles. The van der Waals surface area contributed by atoms with E-state index in [1.54, 1.807) is 11.8 Å². The topological polar surface area (TPSA) is 70.6 Å². The van der Waals surface area contributed by atoms with Gasteiger partial charge in [0.05, 0.1) is 0 Å². The van der Waals surface area contributed by atoms with Crippen molar-refractivity contribution in [3.63, 3.8) is 0 Å². The number of sulfonamides is 1. The Hall–Kier alpha value is -1.18. The first-order chi connectivity index (χ1) is 10.7. The summed E-state index contributed by atoms with van der Waals surface area (Å²) in [6.07, 6.45) is 1.91. The number of aryl methyl sites for hydroxylation is 1. The quantitative estimate of drug-likeness (QED) is 0.773. The highest BCUT2D eigenvalue weighted by Crippen LogP contribution is 2.21. The predicted octanol–water partition coefficient (Wildman–Crippen LogP) is 1.92. The van der Waals surface area contributed by atoms with Crippen molar-refractivity contribution in [1.82, 2.24) is 14.2 Å². The molecule has 1 aromatic rings. The molecule has 1 saturated heterocycles. The van der Waals surface area contributed by atoms with Crippen LogP contribution in [0.25, 0.3) is 0 Å². The summed E-state index contributed by atoms with van der Waals surface area (Å²) in [5.41, 5.74) is 0.624. The van der Waals surface area contributed by atoms with Crippen molar-refractivity contribution in [2.75, 3.05) is 26.2 Å². The minimum absolute atomic E-state index is 0.0632. The van der Waals surface area contributed by atoms with Crippen LogP contribution >= 0.6 is 11.6 Å². The van der Waals surface area contributed by atoms with Gasteiger partial charge in [-0.1, -0.05) is 25.4 Å². The molecule has 23 heavy (non-hydrogen) atoms. The van der Waals surface area contributed by atoms with Crippen molar-refractivity contribution in [2.24, 2.45) is 5.92 Å². The molecule has 0 radical (unpaired) electrons. The van der Waals surface area contributed by atoms with Gasteiger partial charge < -0.3 is 4.90 Å². The summed E-state index contributed by atoms with van der Waals surface area (Å²) in [6.45, 7) is 7.11. The molecule has 6 nitrogen and oxygen atoms in total. The van der Waals surface area contributed by atoms with Crippen molar-refractivity contribution in [3.05, 3.63) is 23.0 Å². The van der Waals surface area contributed by atoms with E-state index in [9.17, 15) is 13.2 Å². The van der Waals surface area contributed by atoms with Gasteiger partial charge in [-0.25, -0.2) is 13.4 Å². The Kier molecular flexibility index (Phi) is 5.65. The number of carbonyl (C=O) groups excluding carboxylic acids is 1. The number of pyridine rings is 1. The van der Waals surface area contributed by atoms with E-state index in [1.165, 1.54) is 16.6 Å². The fourth-order valence-corrected chi connectivity index (χ4v) is 4.15. The lowest BCUT2D eigenvalue weighted by Crippen LogP contribution is -2.39. The number of amides is 1. The van der Waals surface area contributed by atoms with E-state index in [2.05, 4.69) is 4.98 Å². The largest absolute Gasteiger partial charge is 0.341 e. The van der Waals surface area contributed by atoms with Crippen LogP contribution in [0.2, 0.25) is 5.15 Å². The molecule has 0 spiro atoms. The highest BCUT2D eigenvalue weighted by Gasteiger charge is 2.29. The first kappa shape index (κ1) is 18.2. The predicted molar refractivity (Wildman–Crippen MR) is 88.8 cm³/mol. The second-order valence-corrected chi connectivity index (χ2v) is 8.31. The Labute approximate surface area is 142 Å². The summed E-state index contributed by atoms with van der Waals surface area (Å²) in [7, 11) is -3.62. The van der Waals surface area contributed by atoms with Gasteiger partial charge in [0.1, 0.15) is 10.0 Å². The SMILES string of the molecule is Cc1cc(S(=O)(=O)N2CCCN(C(=O)C(C)C)CC2)cnc1Cl. The van der Waals surface area contributed by atoms with E-state index >= 15 is 0 Å². The average molecular weight is 360 g/mol. The number of hydrogen-bond acceptors (Lipinski definition) is 4. The number of rotatable bonds is 3. The summed E-state index contributed by atoms with van der Waals surface area (Å²) >= 11 is 5.86. The molecule has 0 unspecified atom stereocenters. The van der Waals surface area contributed by atoms with E-state index in [0.29, 0.717) is 43.3 Å². The van der Waals surface area contributed by atoms with Gasteiger partial charge in [-0.2, -0.15) is 4.31 Å². The standard InChI is InChI=1S/C15H22ClN3O3S/c1-11(2)15(20)18-5-4-6-19(8-7-18)23(21,22)13-9-12(3)14(16)17-10-13/h9-11H,4-8H2,1-3H3. The molecule has 0 bridgehead atoms. The van der Waals surface area contributed by atoms with Crippen molar-refractivity contribution in [3.8, 4) is 0 Å². The van der Waals surface area contributed by atoms with Gasteiger partial charge in [-0.3, -0.25) is 4.79 Å². The Bertz CT molecular complexity index is 691. The third-order valence-electron chi connectivity index (χ3n) is 3.89. The fourth-order valence-electron chi connectivity index (χ4n) is 2.54. The van der Waals surface area contributed by atoms with Crippen molar-refractivity contribution >= 4 is 27.5 Å². The Morgan fingerprint density at radius 3 is 2.57 bits per heavy atom. The van der Waals surface area contributed by atoms with Crippen LogP contribution in [0.4, 0.5) is 0 Å². The smallest absolute Gasteiger partial charge is 0.244 e. The lowest BCUT2D eigenvalue weighted by Gasteiger charge is -2.23. The van der Waals surface area contributed by atoms with Crippen LogP contribution in [0.5, 0.6) is 0 Å². The molecule has 1 fully saturated rings. The molecule has 0 aliphatic carbocycles. The van der Waals surface area contributed by atoms with Gasteiger partial charge >= 0.3 is 0 Å². The summed E-state index contributed by atoms with van der Waals surface area (Å²) in [6, 6.07) is 1.53. The summed E-state index contributed by atoms with van der Waals surface area (Å²) in [5, 5.41) is 0.300. The normalized spacial score (nSPS) is 17.3. The fraction of sp³-hybridized carbons (Fsp3) is 0.600. The van der Waals surface area contributed by atoms with Gasteiger partial charge in [-0.15, -0.1) is 0 Å². The molecule has 0 atom stereocenters. The maximum absolute atomic E-state index is 12.8. The van der Waals surface area contributed by atoms with Crippen LogP contribution < -0.4 is 0 Å². The third-order valence-corrected chi connectivity index (χ3v) is 6.15. The third kappa shape index (κ3) is 4.02. The number of carbonyl (C=O) groups is 1. The molecule has 2 heterocycles. The van der Waals surface area contributed by atoms with E-state index < -0.39 is 10.0 Å². The van der Waals surface area contributed by atoms with Crippen LogP contribution in [0, 0.1) is 12.8 Å². The molecular formula is C15H22ClN3O3S. The zero-order valence-corrected chi connectivity index (χ0v) is 15.2. The molecule has 2 rings (SSSR count). The molecule has 1 aromatic heterocycles. The van der Waals surface area contributed by atoms with Crippen molar-refractivity contribution in [1.29, 1.82) is 0 Å². The Balaban J connectivity index is 2.18. The van der Waals surface area contributed by atoms with Crippen LogP contribution in [0.3, 0.4) is 0 Å². The second kappa shape index (κ2) is 7.15. The van der Waals surface area contributed by atoms with E-state index in [-0.39, 0.29) is 16.7 Å². The van der Waals surface area contributed by atoms with Crippen molar-refractivity contribution < 1.29 is 13.2 Å². The molecule has 0 aromatic carbocycles. The minimum Gasteiger partial charge on any atom is -0.341 e. The molecule has 8 heteroatoms. The van der Waals surface area contributed by atoms with Gasteiger partial charge in [0, 0.05) is 38.3 Å². The molecule has 1 aliphatic rings. The molecule has 128 valence electrons. The number of aromatic nitrogens is 1. The first-order valence-electron chi connectivity index (χ1n) is 7.64. The van der Waals surface area contributed by atoms with Crippen LogP contribution in [0.15, 0.2) is 17.2 Å². The van der Waals surface area contributed by atoms with Gasteiger partial charge in [0.25, 0.3) is 0 Å². The number of nitrogens with zero attached hydrogens (tertiary/aromatic N) is 3. The van der Waals surface area contributed by atoms with Crippen LogP contribution in [0.1, 0.15) is 25.8 Å². The lowest BCUT2D eigenvalue weighted by atomic mass is 10.2. The zero-order valence-electron chi connectivity index (χ0n) is 13.6. The minimum atomic E-state index is -3.62. The summed E-state index contributed by atoms with van der Waals surface area (Å²) in [4.78, 5) is 17.9. The van der Waals surface area contributed by atoms with E-state index in [4.69, 9.17) is 11.6 Å². The number of halogens is 1. The second-order valence-electron chi connectivity index (χ2n) is 6.02. The molecular weight excluding hydrogens is 338 g/mol. The monoisotopic (exact) mass is 359 g/mol. The summed E-state index contributed by atoms with van der Waals surface area (Å²) in [5.74, 6) is -0.0190. The number of hydrogen-bond donors (Lipinski definition) is 0. The Morgan fingerprint density at radius 2 is 1.96 bits per heavy atom. The molecule has 0 N–H and O–H groups in total. The van der Waals surface area contributed by atoms with Crippen molar-refractivity contribution in [2.45, 2.75) is 32.1 Å². The average Bonchev–Trinajstić information content (AvgIpc) is 2.75. The molecule has 1 amide bonds. The van der Waals surface area contributed by atoms with Gasteiger partial charge in [0.2, 0.25) is 15.9 Å². The van der Waals surface area contributed by atoms with E-state index in [1.807, 2.05) is 13.8 Å². The van der Waals surface area contributed by atoms with E-state index in [0.717, 1.165) is 0 Å². The summed E-state index contributed by atoms with van der Waals surface area (Å²) < 4.78 is 26.9. The highest BCUT2D eigenvalue weighted by atomic mass is 35.5. The highest BCUT2D eigenvalue weighted by molar-refractivity contribution is 7.89. The van der Waals surface area contributed by atoms with Gasteiger partial charge in [-0.05, 0) is 25.0 Å². The zero-order chi connectivity index (χ0) is 17.2. The van der Waals surface area contributed by atoms with Gasteiger partial charge in [0.15, 0.2) is 0 Å². The maximum Gasteiger partial charge on any atom is 0.244 e. The maximum atomic E-state index is 12.8. The first-order valence-corrected chi connectivity index (χ1v) is 9.46. The van der Waals surface area contributed by atoms with Crippen LogP contribution in [-0.4, -0.2) is 54.7 Å². The molecule has 0 saturated carbocycles.